The molecule has 6 unspecified atom stereocenters. The van der Waals surface area contributed by atoms with Crippen LogP contribution in [0.3, 0.4) is 0 Å². The first-order chi connectivity index (χ1) is 23.7. The van der Waals surface area contributed by atoms with Crippen LogP contribution in [0.15, 0.2) is 46.2 Å². The molecular weight excluding hydrogens is 731 g/mol. The summed E-state index contributed by atoms with van der Waals surface area (Å²) >= 11 is 0. The maximum Gasteiger partial charge on any atom is 0.475 e. The van der Waals surface area contributed by atoms with E-state index in [1.54, 1.807) is 6.92 Å². The Morgan fingerprint density at radius 3 is 2.41 bits per heavy atom. The highest BCUT2D eigenvalue weighted by Gasteiger charge is 2.59. The minimum absolute atomic E-state index is 0.156. The summed E-state index contributed by atoms with van der Waals surface area (Å²) in [6, 6.07) is 4.85. The lowest BCUT2D eigenvalue weighted by molar-refractivity contribution is -0.288. The third-order valence-corrected chi connectivity index (χ3v) is 10.1. The van der Waals surface area contributed by atoms with Crippen molar-refractivity contribution in [1.29, 1.82) is 0 Å². The number of phosphoric acid groups is 1. The number of nitrogen functional groups attached to an aromatic ring is 1. The molecule has 284 valence electrons. The molecule has 1 aromatic heterocycles. The second-order valence-electron chi connectivity index (χ2n) is 11.7. The van der Waals surface area contributed by atoms with Gasteiger partial charge < -0.3 is 56.1 Å². The molecule has 10 N–H and O–H groups in total. The smallest absolute Gasteiger partial charge is 0.475 e. The van der Waals surface area contributed by atoms with Crippen molar-refractivity contribution in [3.8, 4) is 0 Å². The molecule has 1 amide bonds. The van der Waals surface area contributed by atoms with Gasteiger partial charge in [-0.3, -0.25) is 18.1 Å². The number of carbonyl (C=O) groups is 2. The zero-order valence-electron chi connectivity index (χ0n) is 26.7. The first kappa shape index (κ1) is 40.4. The molecule has 51 heavy (non-hydrogen) atoms. The molecule has 2 aliphatic heterocycles. The van der Waals surface area contributed by atoms with Gasteiger partial charge in [0.25, 0.3) is 15.9 Å². The number of ether oxygens (including phenoxy) is 2. The van der Waals surface area contributed by atoms with Crippen LogP contribution in [0.4, 0.5) is 5.82 Å². The highest BCUT2D eigenvalue weighted by Crippen LogP contribution is 2.51. The zero-order chi connectivity index (χ0) is 38.1. The number of aliphatic hydroxyl groups excluding tert-OH is 5. The van der Waals surface area contributed by atoms with E-state index in [0.717, 1.165) is 23.3 Å². The number of aryl methyl sites for hydroxylation is 1. The number of aliphatic carboxylic acids is 1. The predicted molar refractivity (Wildman–Crippen MR) is 165 cm³/mol. The van der Waals surface area contributed by atoms with Gasteiger partial charge in [-0.05, 0) is 25.1 Å². The normalized spacial score (nSPS) is 30.6. The third-order valence-electron chi connectivity index (χ3n) is 7.83. The topological polar surface area (TPSA) is 346 Å². The molecule has 2 aromatic rings. The van der Waals surface area contributed by atoms with Gasteiger partial charge in [-0.2, -0.15) is 13.4 Å². The van der Waals surface area contributed by atoms with Crippen molar-refractivity contribution in [3.05, 3.63) is 52.6 Å². The molecular formula is C27H37N4O18PS. The van der Waals surface area contributed by atoms with Crippen molar-refractivity contribution >= 4 is 35.6 Å². The van der Waals surface area contributed by atoms with Crippen LogP contribution in [0.2, 0.25) is 0 Å². The Hall–Kier alpha value is -3.42. The van der Waals surface area contributed by atoms with Gasteiger partial charge in [-0.1, -0.05) is 17.7 Å². The maximum atomic E-state index is 13.1. The number of carboxylic acids is 1. The van der Waals surface area contributed by atoms with Crippen LogP contribution in [0.5, 0.6) is 0 Å². The summed E-state index contributed by atoms with van der Waals surface area (Å²) in [5.41, 5.74) is 5.19. The molecule has 0 saturated carbocycles. The Labute approximate surface area is 288 Å². The van der Waals surface area contributed by atoms with Gasteiger partial charge >= 0.3 is 19.5 Å². The molecule has 22 nitrogen and oxygen atoms in total. The lowest BCUT2D eigenvalue weighted by atomic mass is 9.88. The van der Waals surface area contributed by atoms with Crippen molar-refractivity contribution in [2.75, 3.05) is 18.9 Å². The first-order valence-corrected chi connectivity index (χ1v) is 17.8. The summed E-state index contributed by atoms with van der Waals surface area (Å²) in [5, 5.41) is 65.7. The molecule has 2 aliphatic rings. The number of nitrogens with zero attached hydrogens (tertiary/aromatic N) is 2. The number of aromatic nitrogens is 2. The number of carbonyl (C=O) groups excluding carboxylic acids is 1. The largest absolute Gasteiger partial charge is 0.477 e. The number of aliphatic hydroxyl groups is 5. The molecule has 11 atom stereocenters. The summed E-state index contributed by atoms with van der Waals surface area (Å²) < 4.78 is 64.3. The predicted octanol–water partition coefficient (Wildman–Crippen LogP) is -3.55. The fourth-order valence-corrected chi connectivity index (χ4v) is 7.12. The lowest BCUT2D eigenvalue weighted by Crippen LogP contribution is -2.67. The molecule has 2 saturated heterocycles. The summed E-state index contributed by atoms with van der Waals surface area (Å²) in [6.45, 7) is 0.475. The highest BCUT2D eigenvalue weighted by atomic mass is 32.2. The maximum absolute atomic E-state index is 13.1. The Morgan fingerprint density at radius 2 is 1.82 bits per heavy atom. The van der Waals surface area contributed by atoms with Crippen molar-refractivity contribution in [2.24, 2.45) is 0 Å². The van der Waals surface area contributed by atoms with E-state index in [1.165, 1.54) is 30.3 Å². The highest BCUT2D eigenvalue weighted by molar-refractivity contribution is 7.86. The summed E-state index contributed by atoms with van der Waals surface area (Å²) in [6.07, 6.45) is -15.6. The minimum Gasteiger partial charge on any atom is -0.477 e. The number of rotatable bonds is 14. The molecule has 2 fully saturated rings. The van der Waals surface area contributed by atoms with Crippen LogP contribution in [0, 0.1) is 6.92 Å². The van der Waals surface area contributed by atoms with Gasteiger partial charge in [0.2, 0.25) is 5.91 Å². The molecule has 0 bridgehead atoms. The molecule has 1 aromatic carbocycles. The molecule has 4 rings (SSSR count). The average Bonchev–Trinajstić information content (AvgIpc) is 3.32. The first-order valence-electron chi connectivity index (χ1n) is 14.9. The van der Waals surface area contributed by atoms with Crippen molar-refractivity contribution < 1.29 is 80.8 Å². The van der Waals surface area contributed by atoms with E-state index in [2.05, 4.69) is 10.3 Å². The third kappa shape index (κ3) is 9.34. The quantitative estimate of drug-likeness (QED) is 0.0663. The monoisotopic (exact) mass is 768 g/mol. The van der Waals surface area contributed by atoms with Gasteiger partial charge in [0.05, 0.1) is 30.3 Å². The number of nitrogens with two attached hydrogens (primary N) is 1. The fourth-order valence-electron chi connectivity index (χ4n) is 5.24. The number of amides is 1. The second-order valence-corrected chi connectivity index (χ2v) is 14.7. The Bertz CT molecular complexity index is 1800. The number of hydrogen-bond acceptors (Lipinski definition) is 18. The fraction of sp³-hybridized carbons (Fsp3) is 0.556. The van der Waals surface area contributed by atoms with E-state index in [0.29, 0.717) is 0 Å². The standard InChI is InChI=1S/C27H37N4O18PS/c1-12-3-5-14(6-4-12)51(43,44)46-10-16(34)20(35)23-19(29-13(2)32)15(33)9-27(48-23,25(38)39)49-50(41,42)45-11-17-21(36)22(37)24(47-17)31-8-7-18(28)30-26(31)40/h3-8,15-17,19-24,33-37H,9-11H2,1-2H3,(H,29,32)(H,38,39)(H,41,42)(H2,28,30,40)/t15?,16?,17?,19-,20-,21-,22-,23?,24?,27-/m1/s1. The summed E-state index contributed by atoms with van der Waals surface area (Å²) in [7, 11) is -10.1. The Kier molecular flexibility index (Phi) is 12.4. The Morgan fingerprint density at radius 1 is 1.18 bits per heavy atom. The molecule has 0 aliphatic carbocycles. The van der Waals surface area contributed by atoms with Crippen LogP contribution >= 0.6 is 7.82 Å². The van der Waals surface area contributed by atoms with Gasteiger partial charge in [-0.25, -0.2) is 18.7 Å². The molecule has 24 heteroatoms. The molecule has 3 heterocycles. The number of nitrogens with one attached hydrogen (secondary N) is 1. The van der Waals surface area contributed by atoms with Gasteiger partial charge in [0.1, 0.15) is 42.4 Å². The zero-order valence-corrected chi connectivity index (χ0v) is 28.4. The van der Waals surface area contributed by atoms with Crippen LogP contribution < -0.4 is 16.7 Å². The van der Waals surface area contributed by atoms with Crippen LogP contribution in [-0.4, -0.2) is 133 Å². The van der Waals surface area contributed by atoms with Gasteiger partial charge in [0, 0.05) is 19.5 Å². The van der Waals surface area contributed by atoms with E-state index in [9.17, 15) is 62.9 Å². The van der Waals surface area contributed by atoms with Crippen molar-refractivity contribution in [1.82, 2.24) is 14.9 Å². The van der Waals surface area contributed by atoms with E-state index in [4.69, 9.17) is 28.4 Å². The van der Waals surface area contributed by atoms with Gasteiger partial charge in [-0.15, -0.1) is 0 Å². The van der Waals surface area contributed by atoms with Crippen molar-refractivity contribution in [3.63, 3.8) is 0 Å². The number of anilines is 1. The van der Waals surface area contributed by atoms with Crippen molar-refractivity contribution in [2.45, 2.75) is 85.9 Å². The second kappa shape index (κ2) is 15.7. The number of phosphoric ester groups is 1. The minimum atomic E-state index is -5.64. The average molecular weight is 769 g/mol. The Balaban J connectivity index is 1.50. The summed E-state index contributed by atoms with van der Waals surface area (Å²) in [4.78, 5) is 50.3. The lowest BCUT2D eigenvalue weighted by Gasteiger charge is -2.46. The number of hydrogen-bond donors (Lipinski definition) is 9. The van der Waals surface area contributed by atoms with E-state index in [1.807, 2.05) is 0 Å². The van der Waals surface area contributed by atoms with Crippen LogP contribution in [-0.2, 0) is 47.0 Å². The SMILES string of the molecule is CC(=O)N[C@@H]1C(O)C[C@@](OP(=O)(O)OCC2OC(n3ccc(N)nc3=O)[C@H](O)[C@@H]2O)(C(=O)O)OC1[C@H](O)C(O)COS(=O)(=O)c1ccc(C)cc1. The van der Waals surface area contributed by atoms with Crippen LogP contribution in [0.25, 0.3) is 0 Å². The van der Waals surface area contributed by atoms with Crippen LogP contribution in [0.1, 0.15) is 25.1 Å². The van der Waals surface area contributed by atoms with Gasteiger partial charge in [0.15, 0.2) is 6.23 Å². The van der Waals surface area contributed by atoms with E-state index in [-0.39, 0.29) is 10.7 Å². The summed E-state index contributed by atoms with van der Waals surface area (Å²) in [5.74, 6) is -6.48. The van der Waals surface area contributed by atoms with E-state index >= 15 is 0 Å². The molecule has 0 spiro atoms. The van der Waals surface area contributed by atoms with E-state index < -0.39 is 116 Å². The number of carboxylic acid groups (broad SMARTS) is 1. The number of benzene rings is 1. The molecule has 0 radical (unpaired) electrons.